The fourth-order valence-electron chi connectivity index (χ4n) is 3.70. The molecule has 0 atom stereocenters. The maximum absolute atomic E-state index is 9.18. The van der Waals surface area contributed by atoms with Gasteiger partial charge in [0.25, 0.3) is 0 Å². The van der Waals surface area contributed by atoms with Gasteiger partial charge in [-0.05, 0) is 70.8 Å². The van der Waals surface area contributed by atoms with Crippen LogP contribution in [0.15, 0.2) is 110 Å². The lowest BCUT2D eigenvalue weighted by Gasteiger charge is -2.05. The first-order valence-electron chi connectivity index (χ1n) is 11.4. The van der Waals surface area contributed by atoms with Gasteiger partial charge in [-0.25, -0.2) is 4.68 Å². The fourth-order valence-corrected chi connectivity index (χ4v) is 4.90. The number of rotatable bonds is 3. The molecule has 0 saturated carbocycles. The maximum Gasteiger partial charge on any atom is 0.0752 e. The van der Waals surface area contributed by atoms with Crippen LogP contribution in [0.3, 0.4) is 0 Å². The van der Waals surface area contributed by atoms with E-state index in [9.17, 15) is 5.11 Å². The summed E-state index contributed by atoms with van der Waals surface area (Å²) in [5, 5.41) is 23.3. The molecule has 0 fully saturated rings. The Morgan fingerprint density at radius 1 is 0.730 bits per heavy atom. The van der Waals surface area contributed by atoms with Crippen LogP contribution in [-0.2, 0) is 19.8 Å². The second-order valence-electron chi connectivity index (χ2n) is 8.19. The number of aliphatic imine (C=N–C) groups is 1. The Hall–Kier alpha value is -2.62. The van der Waals surface area contributed by atoms with Crippen LogP contribution < -0.4 is 0 Å². The molecular weight excluding hydrogens is 662 g/mol. The van der Waals surface area contributed by atoms with Gasteiger partial charge in [0.2, 0.25) is 0 Å². The highest BCUT2D eigenvalue weighted by molar-refractivity contribution is 9.11. The van der Waals surface area contributed by atoms with Gasteiger partial charge in [-0.1, -0.05) is 84.2 Å². The first-order chi connectivity index (χ1) is 18.0. The van der Waals surface area contributed by atoms with Crippen LogP contribution in [0.4, 0.5) is 0 Å². The second kappa shape index (κ2) is 13.3. The third-order valence-corrected chi connectivity index (χ3v) is 7.02. The van der Waals surface area contributed by atoms with E-state index in [4.69, 9.17) is 5.11 Å². The lowest BCUT2D eigenvalue weighted by atomic mass is 10.1. The molecule has 1 aromatic heterocycles. The smallest absolute Gasteiger partial charge is 0.0752 e. The van der Waals surface area contributed by atoms with E-state index in [1.807, 2.05) is 89.9 Å². The van der Waals surface area contributed by atoms with Gasteiger partial charge in [0.15, 0.2) is 0 Å². The molecule has 8 heteroatoms. The molecule has 4 aromatic carbocycles. The van der Waals surface area contributed by atoms with Crippen LogP contribution in [0, 0.1) is 0 Å². The van der Waals surface area contributed by atoms with Crippen LogP contribution in [-0.4, -0.2) is 26.2 Å². The van der Waals surface area contributed by atoms with E-state index in [1.165, 1.54) is 11.1 Å². The number of aliphatic hydroxyl groups is 2. The zero-order valence-corrected chi connectivity index (χ0v) is 24.5. The van der Waals surface area contributed by atoms with Gasteiger partial charge < -0.3 is 10.2 Å². The van der Waals surface area contributed by atoms with Crippen molar-refractivity contribution in [1.29, 1.82) is 0 Å². The highest BCUT2D eigenvalue weighted by atomic mass is 79.9. The topological polar surface area (TPSA) is 70.6 Å². The van der Waals surface area contributed by atoms with Gasteiger partial charge in [-0.15, -0.1) is 0 Å². The van der Waals surface area contributed by atoms with Crippen LogP contribution in [0.5, 0.6) is 0 Å². The Morgan fingerprint density at radius 2 is 1.41 bits per heavy atom. The lowest BCUT2D eigenvalue weighted by molar-refractivity contribution is 0.281. The van der Waals surface area contributed by atoms with Crippen LogP contribution in [0.1, 0.15) is 22.3 Å². The van der Waals surface area contributed by atoms with Crippen LogP contribution in [0.25, 0.3) is 16.6 Å². The molecule has 1 aliphatic heterocycles. The minimum atomic E-state index is 0.0384. The van der Waals surface area contributed by atoms with Crippen molar-refractivity contribution in [3.8, 4) is 5.69 Å². The number of benzene rings is 4. The highest BCUT2D eigenvalue weighted by Crippen LogP contribution is 2.23. The van der Waals surface area contributed by atoms with Gasteiger partial charge in [-0.2, -0.15) is 5.10 Å². The van der Waals surface area contributed by atoms with Gasteiger partial charge in [0.05, 0.1) is 37.2 Å². The van der Waals surface area contributed by atoms with Crippen molar-refractivity contribution >= 4 is 64.9 Å². The van der Waals surface area contributed by atoms with Crippen molar-refractivity contribution in [2.24, 2.45) is 4.99 Å². The van der Waals surface area contributed by atoms with E-state index in [0.29, 0.717) is 0 Å². The summed E-state index contributed by atoms with van der Waals surface area (Å²) < 4.78 is 5.04. The lowest BCUT2D eigenvalue weighted by Crippen LogP contribution is -1.97. The van der Waals surface area contributed by atoms with Crippen molar-refractivity contribution in [1.82, 2.24) is 9.78 Å². The quantitative estimate of drug-likeness (QED) is 0.206. The SMILES string of the molecule is Brc1ccc2c(c1)CN=C2.OCc1cccc(-n2ncc3ccc(Br)cc32)c1.OCc1cccc(Br)c1. The predicted octanol–water partition coefficient (Wildman–Crippen LogP) is 7.60. The van der Waals surface area contributed by atoms with E-state index >= 15 is 0 Å². The van der Waals surface area contributed by atoms with Crippen molar-refractivity contribution in [3.63, 3.8) is 0 Å². The third kappa shape index (κ3) is 7.46. The summed E-state index contributed by atoms with van der Waals surface area (Å²) in [6, 6.07) is 27.6. The fraction of sp³-hybridized carbons (Fsp3) is 0.103. The molecule has 0 saturated heterocycles. The van der Waals surface area contributed by atoms with Crippen molar-refractivity contribution in [2.75, 3.05) is 0 Å². The number of aliphatic hydroxyl groups excluding tert-OH is 2. The summed E-state index contributed by atoms with van der Waals surface area (Å²) in [4.78, 5) is 4.15. The number of halogens is 3. The van der Waals surface area contributed by atoms with E-state index < -0.39 is 0 Å². The van der Waals surface area contributed by atoms with E-state index in [-0.39, 0.29) is 13.2 Å². The normalized spacial score (nSPS) is 11.4. The molecule has 188 valence electrons. The predicted molar refractivity (Wildman–Crippen MR) is 160 cm³/mol. The molecule has 5 aromatic rings. The molecular formula is C29H24Br3N3O2. The molecule has 0 bridgehead atoms. The molecule has 2 N–H and O–H groups in total. The number of hydrogen-bond acceptors (Lipinski definition) is 4. The molecule has 0 aliphatic carbocycles. The van der Waals surface area contributed by atoms with Gasteiger partial charge in [0, 0.05) is 25.0 Å². The number of fused-ring (bicyclic) bond motifs is 2. The molecule has 6 rings (SSSR count). The molecule has 1 aliphatic rings. The van der Waals surface area contributed by atoms with Crippen LogP contribution >= 0.6 is 47.8 Å². The molecule has 5 nitrogen and oxygen atoms in total. The maximum atomic E-state index is 9.18. The monoisotopic (exact) mass is 683 g/mol. The molecule has 37 heavy (non-hydrogen) atoms. The summed E-state index contributed by atoms with van der Waals surface area (Å²) in [5.41, 5.74) is 6.38. The first kappa shape index (κ1) is 27.4. The van der Waals surface area contributed by atoms with Crippen LogP contribution in [0.2, 0.25) is 0 Å². The summed E-state index contributed by atoms with van der Waals surface area (Å²) in [7, 11) is 0. The van der Waals surface area contributed by atoms with Crippen molar-refractivity contribution < 1.29 is 10.2 Å². The van der Waals surface area contributed by atoms with E-state index in [0.717, 1.165) is 47.7 Å². The van der Waals surface area contributed by atoms with Crippen molar-refractivity contribution in [2.45, 2.75) is 19.8 Å². The second-order valence-corrected chi connectivity index (χ2v) is 10.9. The minimum absolute atomic E-state index is 0.0384. The standard InChI is InChI=1S/C14H11BrN2O.C8H6BrN.C7H7BrO/c15-12-5-4-11-8-16-17(14(11)7-12)13-3-1-2-10(6-13)9-18;9-8-2-1-6-4-10-5-7(6)3-8;8-7-3-1-2-6(4-7)5-9/h1-8,18H,9H2;1-4H,5H2;1-4,9H,5H2. The molecule has 0 amide bonds. The average molecular weight is 686 g/mol. The zero-order chi connectivity index (χ0) is 26.2. The zero-order valence-electron chi connectivity index (χ0n) is 19.7. The molecule has 0 radical (unpaired) electrons. The highest BCUT2D eigenvalue weighted by Gasteiger charge is 2.06. The van der Waals surface area contributed by atoms with E-state index in [2.05, 4.69) is 70.0 Å². The summed E-state index contributed by atoms with van der Waals surface area (Å²) >= 11 is 10.2. The van der Waals surface area contributed by atoms with Crippen molar-refractivity contribution in [3.05, 3.63) is 127 Å². The minimum Gasteiger partial charge on any atom is -0.392 e. The Labute approximate surface area is 240 Å². The van der Waals surface area contributed by atoms with E-state index in [1.54, 1.807) is 0 Å². The molecule has 0 unspecified atom stereocenters. The Bertz CT molecular complexity index is 1530. The van der Waals surface area contributed by atoms with Gasteiger partial charge in [0.1, 0.15) is 0 Å². The first-order valence-corrected chi connectivity index (χ1v) is 13.8. The number of aromatic nitrogens is 2. The largest absolute Gasteiger partial charge is 0.392 e. The summed E-state index contributed by atoms with van der Waals surface area (Å²) in [6.07, 6.45) is 3.76. The Kier molecular flexibility index (Phi) is 9.82. The van der Waals surface area contributed by atoms with Gasteiger partial charge >= 0.3 is 0 Å². The molecule has 2 heterocycles. The Morgan fingerprint density at radius 3 is 2.14 bits per heavy atom. The third-order valence-electron chi connectivity index (χ3n) is 5.54. The van der Waals surface area contributed by atoms with Gasteiger partial charge in [-0.3, -0.25) is 4.99 Å². The average Bonchev–Trinajstić information content (AvgIpc) is 3.56. The summed E-state index contributed by atoms with van der Waals surface area (Å²) in [5.74, 6) is 0. The molecule has 0 spiro atoms. The number of hydrogen-bond donors (Lipinski definition) is 2. The summed E-state index contributed by atoms with van der Waals surface area (Å²) in [6.45, 7) is 0.991. The number of nitrogens with zero attached hydrogens (tertiary/aromatic N) is 3. The Balaban J connectivity index is 0.000000143.